The Morgan fingerprint density at radius 1 is 1.42 bits per heavy atom. The van der Waals surface area contributed by atoms with Crippen LogP contribution < -0.4 is 4.90 Å². The lowest BCUT2D eigenvalue weighted by molar-refractivity contribution is 0.0464. The molecule has 0 saturated heterocycles. The van der Waals surface area contributed by atoms with Crippen molar-refractivity contribution in [3.8, 4) is 0 Å². The van der Waals surface area contributed by atoms with Crippen molar-refractivity contribution in [1.29, 1.82) is 0 Å². The summed E-state index contributed by atoms with van der Waals surface area (Å²) < 4.78 is 0. The minimum absolute atomic E-state index is 0.0742. The zero-order valence-corrected chi connectivity index (χ0v) is 11.9. The fraction of sp³-hybridized carbons (Fsp3) is 0.714. The van der Waals surface area contributed by atoms with Crippen molar-refractivity contribution in [2.75, 3.05) is 18.5 Å². The molecule has 0 spiro atoms. The van der Waals surface area contributed by atoms with Crippen LogP contribution in [0.15, 0.2) is 6.20 Å². The van der Waals surface area contributed by atoms with E-state index in [1.807, 2.05) is 20.9 Å². The summed E-state index contributed by atoms with van der Waals surface area (Å²) in [6.07, 6.45) is 3.39. The van der Waals surface area contributed by atoms with Gasteiger partial charge in [-0.25, -0.2) is 9.97 Å². The third kappa shape index (κ3) is 3.22. The van der Waals surface area contributed by atoms with Gasteiger partial charge in [-0.15, -0.1) is 0 Å². The number of hydrogen-bond donors (Lipinski definition) is 2. The van der Waals surface area contributed by atoms with Gasteiger partial charge >= 0.3 is 0 Å². The average molecular weight is 265 g/mol. The predicted octanol–water partition coefficient (Wildman–Crippen LogP) is 1.30. The van der Waals surface area contributed by atoms with Crippen LogP contribution in [0.3, 0.4) is 0 Å². The van der Waals surface area contributed by atoms with E-state index in [4.69, 9.17) is 0 Å². The van der Waals surface area contributed by atoms with Crippen LogP contribution in [0.2, 0.25) is 0 Å². The Balaban J connectivity index is 2.09. The van der Waals surface area contributed by atoms with Crippen molar-refractivity contribution < 1.29 is 10.2 Å². The lowest BCUT2D eigenvalue weighted by Crippen LogP contribution is -2.37. The van der Waals surface area contributed by atoms with Crippen molar-refractivity contribution >= 4 is 5.69 Å². The van der Waals surface area contributed by atoms with Crippen LogP contribution in [0.1, 0.15) is 44.1 Å². The van der Waals surface area contributed by atoms with Crippen molar-refractivity contribution in [1.82, 2.24) is 9.97 Å². The van der Waals surface area contributed by atoms with Gasteiger partial charge in [0, 0.05) is 19.5 Å². The Morgan fingerprint density at radius 3 is 2.63 bits per heavy atom. The molecule has 19 heavy (non-hydrogen) atoms. The molecule has 0 aliphatic heterocycles. The topological polar surface area (TPSA) is 69.5 Å². The van der Waals surface area contributed by atoms with Gasteiger partial charge in [-0.2, -0.15) is 0 Å². The molecule has 0 bridgehead atoms. The summed E-state index contributed by atoms with van der Waals surface area (Å²) in [4.78, 5) is 10.9. The highest BCUT2D eigenvalue weighted by Gasteiger charge is 2.28. The van der Waals surface area contributed by atoms with E-state index in [0.717, 1.165) is 30.9 Å². The van der Waals surface area contributed by atoms with Crippen molar-refractivity contribution in [2.24, 2.45) is 5.92 Å². The fourth-order valence-electron chi connectivity index (χ4n) is 2.47. The van der Waals surface area contributed by atoms with Gasteiger partial charge in [-0.3, -0.25) is 0 Å². The highest BCUT2D eigenvalue weighted by molar-refractivity contribution is 5.48. The van der Waals surface area contributed by atoms with E-state index in [0.29, 0.717) is 11.6 Å². The first-order valence-electron chi connectivity index (χ1n) is 6.87. The first-order valence-corrected chi connectivity index (χ1v) is 6.87. The standard InChI is InChI=1S/C14H23N3O2/c1-9(2)14-15-6-13(12(8-18)16-14)17(3)7-10-4-11(19)5-10/h6,9-11,18-19H,4-5,7-8H2,1-3H3. The van der Waals surface area contributed by atoms with Crippen molar-refractivity contribution in [3.05, 3.63) is 17.7 Å². The van der Waals surface area contributed by atoms with E-state index in [-0.39, 0.29) is 18.6 Å². The lowest BCUT2D eigenvalue weighted by atomic mass is 9.82. The molecule has 1 aliphatic carbocycles. The summed E-state index contributed by atoms with van der Waals surface area (Å²) >= 11 is 0. The molecular weight excluding hydrogens is 242 g/mol. The van der Waals surface area contributed by atoms with E-state index in [2.05, 4.69) is 14.9 Å². The zero-order valence-electron chi connectivity index (χ0n) is 11.9. The van der Waals surface area contributed by atoms with E-state index in [1.54, 1.807) is 6.20 Å². The van der Waals surface area contributed by atoms with E-state index < -0.39 is 0 Å². The van der Waals surface area contributed by atoms with E-state index >= 15 is 0 Å². The van der Waals surface area contributed by atoms with Crippen LogP contribution in [0.5, 0.6) is 0 Å². The number of aliphatic hydroxyl groups excluding tert-OH is 2. The number of hydrogen-bond acceptors (Lipinski definition) is 5. The maximum absolute atomic E-state index is 9.46. The molecule has 5 heteroatoms. The highest BCUT2D eigenvalue weighted by Crippen LogP contribution is 2.29. The van der Waals surface area contributed by atoms with Gasteiger partial charge in [0.2, 0.25) is 0 Å². The van der Waals surface area contributed by atoms with Gasteiger partial charge in [-0.05, 0) is 18.8 Å². The molecule has 0 unspecified atom stereocenters. The zero-order chi connectivity index (χ0) is 14.0. The molecule has 5 nitrogen and oxygen atoms in total. The summed E-state index contributed by atoms with van der Waals surface area (Å²) in [6, 6.07) is 0. The Hall–Kier alpha value is -1.20. The highest BCUT2D eigenvalue weighted by atomic mass is 16.3. The Morgan fingerprint density at radius 2 is 2.11 bits per heavy atom. The Bertz CT molecular complexity index is 431. The van der Waals surface area contributed by atoms with Gasteiger partial charge < -0.3 is 15.1 Å². The SMILES string of the molecule is CC(C)c1ncc(N(C)CC2CC(O)C2)c(CO)n1. The number of nitrogens with zero attached hydrogens (tertiary/aromatic N) is 3. The molecule has 1 heterocycles. The summed E-state index contributed by atoms with van der Waals surface area (Å²) in [5, 5.41) is 18.8. The molecule has 1 saturated carbocycles. The molecule has 1 fully saturated rings. The maximum atomic E-state index is 9.46. The van der Waals surface area contributed by atoms with E-state index in [1.165, 1.54) is 0 Å². The molecule has 1 aromatic heterocycles. The molecule has 106 valence electrons. The molecule has 1 aromatic rings. The monoisotopic (exact) mass is 265 g/mol. The van der Waals surface area contributed by atoms with Gasteiger partial charge in [0.05, 0.1) is 30.3 Å². The van der Waals surface area contributed by atoms with Gasteiger partial charge in [-0.1, -0.05) is 13.8 Å². The molecule has 0 atom stereocenters. The van der Waals surface area contributed by atoms with Crippen LogP contribution in [0, 0.1) is 5.92 Å². The quantitative estimate of drug-likeness (QED) is 0.840. The van der Waals surface area contributed by atoms with Crippen LogP contribution >= 0.6 is 0 Å². The minimum atomic E-state index is -0.129. The number of aliphatic hydroxyl groups is 2. The smallest absolute Gasteiger partial charge is 0.131 e. The lowest BCUT2D eigenvalue weighted by Gasteiger charge is -2.35. The van der Waals surface area contributed by atoms with Crippen LogP contribution in [0.25, 0.3) is 0 Å². The van der Waals surface area contributed by atoms with Gasteiger partial charge in [0.1, 0.15) is 5.82 Å². The Labute approximate surface area is 114 Å². The largest absolute Gasteiger partial charge is 0.393 e. The average Bonchev–Trinajstić information content (AvgIpc) is 2.35. The second kappa shape index (κ2) is 5.84. The molecule has 1 aliphatic rings. The van der Waals surface area contributed by atoms with Crippen molar-refractivity contribution in [3.63, 3.8) is 0 Å². The third-order valence-electron chi connectivity index (χ3n) is 3.68. The molecular formula is C14H23N3O2. The minimum Gasteiger partial charge on any atom is -0.393 e. The summed E-state index contributed by atoms with van der Waals surface area (Å²) in [5.41, 5.74) is 1.56. The van der Waals surface area contributed by atoms with Crippen LogP contribution in [0.4, 0.5) is 5.69 Å². The fourth-order valence-corrected chi connectivity index (χ4v) is 2.47. The summed E-state index contributed by atoms with van der Waals surface area (Å²) in [7, 11) is 1.98. The normalized spacial score (nSPS) is 22.4. The number of rotatable bonds is 5. The van der Waals surface area contributed by atoms with Gasteiger partial charge in [0.15, 0.2) is 0 Å². The summed E-state index contributed by atoms with van der Waals surface area (Å²) in [6.45, 7) is 4.87. The first-order chi connectivity index (χ1) is 9.01. The number of anilines is 1. The predicted molar refractivity (Wildman–Crippen MR) is 74.0 cm³/mol. The molecule has 2 rings (SSSR count). The maximum Gasteiger partial charge on any atom is 0.131 e. The molecule has 0 aromatic carbocycles. The van der Waals surface area contributed by atoms with E-state index in [9.17, 15) is 10.2 Å². The number of aromatic nitrogens is 2. The second-order valence-electron chi connectivity index (χ2n) is 5.74. The Kier molecular flexibility index (Phi) is 4.37. The van der Waals surface area contributed by atoms with Crippen LogP contribution in [-0.4, -0.2) is 39.9 Å². The van der Waals surface area contributed by atoms with Crippen molar-refractivity contribution in [2.45, 2.75) is 45.3 Å². The molecule has 2 N–H and O–H groups in total. The summed E-state index contributed by atoms with van der Waals surface area (Å²) in [5.74, 6) is 1.54. The second-order valence-corrected chi connectivity index (χ2v) is 5.74. The molecule has 0 amide bonds. The molecule has 0 radical (unpaired) electrons. The van der Waals surface area contributed by atoms with Gasteiger partial charge in [0.25, 0.3) is 0 Å². The first kappa shape index (κ1) is 14.2. The van der Waals surface area contributed by atoms with Crippen LogP contribution in [-0.2, 0) is 6.61 Å². The third-order valence-corrected chi connectivity index (χ3v) is 3.68.